The van der Waals surface area contributed by atoms with Crippen molar-refractivity contribution in [1.82, 2.24) is 9.55 Å². The maximum absolute atomic E-state index is 11.6. The summed E-state index contributed by atoms with van der Waals surface area (Å²) in [6.45, 7) is -0.808. The third kappa shape index (κ3) is 3.66. The van der Waals surface area contributed by atoms with Crippen molar-refractivity contribution in [1.29, 1.82) is 0 Å². The Morgan fingerprint density at radius 1 is 1.38 bits per heavy atom. The fourth-order valence-electron chi connectivity index (χ4n) is 1.89. The average Bonchev–Trinajstić information content (AvgIpc) is 2.64. The summed E-state index contributed by atoms with van der Waals surface area (Å²) in [6.07, 6.45) is -4.83. The fraction of sp³-hybridized carbons (Fsp3) is 0.556. The molecule has 0 aromatic carbocycles. The zero-order valence-corrected chi connectivity index (χ0v) is 11.2. The molecule has 118 valence electrons. The van der Waals surface area contributed by atoms with Crippen LogP contribution in [0.25, 0.3) is 0 Å². The second-order valence-electron chi connectivity index (χ2n) is 4.31. The minimum Gasteiger partial charge on any atom is -0.790 e. The molecule has 12 heteroatoms. The van der Waals surface area contributed by atoms with Gasteiger partial charge in [-0.05, 0) is 0 Å². The van der Waals surface area contributed by atoms with Gasteiger partial charge in [0, 0.05) is 12.3 Å². The van der Waals surface area contributed by atoms with Crippen LogP contribution in [0.5, 0.6) is 0 Å². The summed E-state index contributed by atoms with van der Waals surface area (Å²) in [5, 5.41) is 19.5. The predicted molar refractivity (Wildman–Crippen MR) is 60.8 cm³/mol. The molecule has 0 saturated carbocycles. The number of nitrogens with zero attached hydrogens (tertiary/aromatic N) is 1. The molecule has 1 fully saturated rings. The predicted octanol–water partition coefficient (Wildman–Crippen LogP) is -4.00. The molecule has 1 aliphatic heterocycles. The standard InChI is InChI=1S/C9H13N2O9P/c12-5-1-2-11(9(15)10-5)8-7(14)6(13)4(20-8)3-19-21(16,17)18/h1-2,4,6-8,13-14H,3H2,(H,10,12,15)(H2,16,17,18)/p-2/t4-,6?,7?,8-/m1/s1. The first-order chi connectivity index (χ1) is 9.69. The molecule has 0 radical (unpaired) electrons. The van der Waals surface area contributed by atoms with E-state index in [0.29, 0.717) is 0 Å². The molecule has 1 saturated heterocycles. The minimum atomic E-state index is -5.26. The van der Waals surface area contributed by atoms with Gasteiger partial charge in [0.25, 0.3) is 5.56 Å². The Labute approximate surface area is 116 Å². The first-order valence-electron chi connectivity index (χ1n) is 5.69. The van der Waals surface area contributed by atoms with E-state index in [4.69, 9.17) is 4.74 Å². The first-order valence-corrected chi connectivity index (χ1v) is 7.15. The van der Waals surface area contributed by atoms with Crippen LogP contribution in [0.1, 0.15) is 6.23 Å². The number of hydrogen-bond acceptors (Lipinski definition) is 9. The smallest absolute Gasteiger partial charge is 0.330 e. The first kappa shape index (κ1) is 16.0. The monoisotopic (exact) mass is 322 g/mol. The highest BCUT2D eigenvalue weighted by molar-refractivity contribution is 7.43. The molecule has 3 N–H and O–H groups in total. The maximum atomic E-state index is 11.6. The van der Waals surface area contributed by atoms with Gasteiger partial charge in [-0.2, -0.15) is 0 Å². The van der Waals surface area contributed by atoms with E-state index in [2.05, 4.69) is 4.52 Å². The Hall–Kier alpha value is -1.33. The van der Waals surface area contributed by atoms with Crippen molar-refractivity contribution in [2.45, 2.75) is 24.5 Å². The van der Waals surface area contributed by atoms with Gasteiger partial charge in [-0.3, -0.25) is 14.3 Å². The molecule has 11 nitrogen and oxygen atoms in total. The molecule has 0 bridgehead atoms. The van der Waals surface area contributed by atoms with Gasteiger partial charge in [0.15, 0.2) is 6.23 Å². The molecule has 1 aromatic rings. The highest BCUT2D eigenvalue weighted by atomic mass is 31.2. The van der Waals surface area contributed by atoms with Crippen molar-refractivity contribution in [3.63, 3.8) is 0 Å². The van der Waals surface area contributed by atoms with Gasteiger partial charge in [-0.25, -0.2) is 4.79 Å². The summed E-state index contributed by atoms with van der Waals surface area (Å²) in [7, 11) is -5.26. The van der Waals surface area contributed by atoms with Gasteiger partial charge < -0.3 is 33.8 Å². The van der Waals surface area contributed by atoms with Gasteiger partial charge in [-0.15, -0.1) is 0 Å². The molecule has 0 aliphatic carbocycles. The van der Waals surface area contributed by atoms with Crippen LogP contribution < -0.4 is 21.0 Å². The number of aliphatic hydroxyl groups excluding tert-OH is 2. The Bertz CT molecular complexity index is 664. The van der Waals surface area contributed by atoms with E-state index in [1.165, 1.54) is 0 Å². The highest BCUT2D eigenvalue weighted by Crippen LogP contribution is 2.32. The lowest BCUT2D eigenvalue weighted by molar-refractivity contribution is -0.343. The van der Waals surface area contributed by atoms with Crippen LogP contribution in [0.4, 0.5) is 0 Å². The van der Waals surface area contributed by atoms with Crippen molar-refractivity contribution < 1.29 is 33.8 Å². The van der Waals surface area contributed by atoms with Crippen LogP contribution in [-0.2, 0) is 13.8 Å². The van der Waals surface area contributed by atoms with Crippen molar-refractivity contribution in [3.8, 4) is 0 Å². The summed E-state index contributed by atoms with van der Waals surface area (Å²) in [6, 6.07) is 0.997. The van der Waals surface area contributed by atoms with E-state index in [0.717, 1.165) is 16.8 Å². The lowest BCUT2D eigenvalue weighted by Crippen LogP contribution is -2.37. The van der Waals surface area contributed by atoms with E-state index in [-0.39, 0.29) is 0 Å². The average molecular weight is 322 g/mol. The van der Waals surface area contributed by atoms with E-state index < -0.39 is 50.2 Å². The topological polar surface area (TPSA) is 177 Å². The lowest BCUT2D eigenvalue weighted by atomic mass is 10.1. The molecule has 1 aromatic heterocycles. The summed E-state index contributed by atoms with van der Waals surface area (Å²) in [4.78, 5) is 45.2. The third-order valence-corrected chi connectivity index (χ3v) is 3.32. The van der Waals surface area contributed by atoms with Crippen LogP contribution in [0.2, 0.25) is 0 Å². The highest BCUT2D eigenvalue weighted by Gasteiger charge is 2.44. The molecule has 4 atom stereocenters. The second kappa shape index (κ2) is 5.81. The van der Waals surface area contributed by atoms with Crippen LogP contribution >= 0.6 is 7.82 Å². The number of aromatic amines is 1. The Morgan fingerprint density at radius 3 is 2.62 bits per heavy atom. The Kier molecular flexibility index (Phi) is 4.44. The third-order valence-electron chi connectivity index (χ3n) is 2.86. The van der Waals surface area contributed by atoms with Crippen molar-refractivity contribution >= 4 is 7.82 Å². The Balaban J connectivity index is 2.18. The van der Waals surface area contributed by atoms with E-state index >= 15 is 0 Å². The van der Waals surface area contributed by atoms with Crippen molar-refractivity contribution in [3.05, 3.63) is 33.1 Å². The molecule has 2 heterocycles. The van der Waals surface area contributed by atoms with Gasteiger partial charge in [0.05, 0.1) is 14.4 Å². The number of nitrogens with one attached hydrogen (secondary N) is 1. The lowest BCUT2D eigenvalue weighted by Gasteiger charge is -2.30. The second-order valence-corrected chi connectivity index (χ2v) is 5.46. The fourth-order valence-corrected chi connectivity index (χ4v) is 2.22. The van der Waals surface area contributed by atoms with Gasteiger partial charge in [0.1, 0.15) is 18.3 Å². The largest absolute Gasteiger partial charge is 0.790 e. The Morgan fingerprint density at radius 2 is 2.05 bits per heavy atom. The van der Waals surface area contributed by atoms with Crippen LogP contribution in [0.15, 0.2) is 21.9 Å². The number of phosphoric acid groups is 1. The summed E-state index contributed by atoms with van der Waals surface area (Å²) < 4.78 is 20.3. The van der Waals surface area contributed by atoms with E-state index in [9.17, 15) is 34.2 Å². The summed E-state index contributed by atoms with van der Waals surface area (Å²) in [5.74, 6) is 0. The molecule has 21 heavy (non-hydrogen) atoms. The molecule has 1 aliphatic rings. The summed E-state index contributed by atoms with van der Waals surface area (Å²) >= 11 is 0. The SMILES string of the molecule is O=c1ccn([C@@H]2O[C@H](COP(=O)([O-])[O-])C(O)C2O)c(=O)[nH]1. The minimum absolute atomic E-state index is 0.664. The van der Waals surface area contributed by atoms with Crippen LogP contribution in [0.3, 0.4) is 0 Å². The number of phosphoric ester groups is 1. The van der Waals surface area contributed by atoms with Crippen molar-refractivity contribution in [2.75, 3.05) is 6.61 Å². The molecule has 2 rings (SSSR count). The summed E-state index contributed by atoms with van der Waals surface area (Å²) in [5.41, 5.74) is -1.55. The number of H-pyrrole nitrogens is 1. The van der Waals surface area contributed by atoms with Gasteiger partial charge in [-0.1, -0.05) is 0 Å². The molecule has 0 amide bonds. The van der Waals surface area contributed by atoms with Gasteiger partial charge >= 0.3 is 5.69 Å². The van der Waals surface area contributed by atoms with Crippen LogP contribution in [-0.4, -0.2) is 44.7 Å². The molecular weight excluding hydrogens is 311 g/mol. The molecular formula is C9H11N2O9P-2. The maximum Gasteiger partial charge on any atom is 0.330 e. The number of rotatable bonds is 4. The molecule has 0 spiro atoms. The molecule has 2 unspecified atom stereocenters. The van der Waals surface area contributed by atoms with Crippen LogP contribution in [0, 0.1) is 0 Å². The number of ether oxygens (including phenoxy) is 1. The van der Waals surface area contributed by atoms with E-state index in [1.54, 1.807) is 0 Å². The van der Waals surface area contributed by atoms with Gasteiger partial charge in [0.2, 0.25) is 0 Å². The number of hydrogen-bond donors (Lipinski definition) is 3. The zero-order valence-electron chi connectivity index (χ0n) is 10.3. The number of aliphatic hydroxyl groups is 2. The number of aromatic nitrogens is 2. The normalized spacial score (nSPS) is 29.7. The van der Waals surface area contributed by atoms with Crippen molar-refractivity contribution in [2.24, 2.45) is 0 Å². The zero-order chi connectivity index (χ0) is 15.8. The quantitative estimate of drug-likeness (QED) is 0.466. The van der Waals surface area contributed by atoms with E-state index in [1.807, 2.05) is 4.98 Å².